The van der Waals surface area contributed by atoms with Crippen LogP contribution in [0.25, 0.3) is 0 Å². The molecule has 124 valence electrons. The molecule has 1 aromatic heterocycles. The number of carbonyl (C=O) groups is 2. The Kier molecular flexibility index (Phi) is 4.85. The van der Waals surface area contributed by atoms with E-state index >= 15 is 0 Å². The van der Waals surface area contributed by atoms with Gasteiger partial charge in [-0.2, -0.15) is 0 Å². The number of nitrogens with zero attached hydrogens (tertiary/aromatic N) is 3. The highest BCUT2D eigenvalue weighted by Gasteiger charge is 2.39. The Hall–Kier alpha value is -1.62. The number of carbonyl (C=O) groups excluding carboxylic acids is 2. The Bertz CT molecular complexity index is 601. The lowest BCUT2D eigenvalue weighted by molar-refractivity contribution is -0.135. The normalized spacial score (nSPS) is 21.9. The lowest BCUT2D eigenvalue weighted by Crippen LogP contribution is -2.37. The smallest absolute Gasteiger partial charge is 0.228 e. The Morgan fingerprint density at radius 1 is 1.43 bits per heavy atom. The van der Waals surface area contributed by atoms with E-state index in [0.29, 0.717) is 30.7 Å². The molecule has 0 N–H and O–H groups in total. The number of amides is 2. The van der Waals surface area contributed by atoms with Crippen LogP contribution in [-0.4, -0.2) is 46.2 Å². The highest BCUT2D eigenvalue weighted by Crippen LogP contribution is 2.30. The molecule has 1 aromatic rings. The second-order valence-corrected chi connectivity index (χ2v) is 6.89. The topological polar surface area (TPSA) is 53.5 Å². The molecular formula is C17H22ClN3O2. The van der Waals surface area contributed by atoms with Gasteiger partial charge in [-0.3, -0.25) is 9.59 Å². The Labute approximate surface area is 141 Å². The molecule has 1 saturated heterocycles. The van der Waals surface area contributed by atoms with Crippen molar-refractivity contribution in [3.8, 4) is 0 Å². The second kappa shape index (κ2) is 6.87. The number of hydrogen-bond acceptors (Lipinski definition) is 3. The minimum Gasteiger partial charge on any atom is -0.341 e. The molecule has 1 saturated carbocycles. The number of rotatable bonds is 4. The number of hydrogen-bond donors (Lipinski definition) is 0. The van der Waals surface area contributed by atoms with Crippen LogP contribution in [0.1, 0.15) is 37.7 Å². The van der Waals surface area contributed by atoms with Crippen LogP contribution in [0.5, 0.6) is 0 Å². The summed E-state index contributed by atoms with van der Waals surface area (Å²) in [5.74, 6) is -0.0922. The molecule has 2 amide bonds. The van der Waals surface area contributed by atoms with Crippen molar-refractivity contribution in [2.45, 2.75) is 44.7 Å². The number of halogens is 1. The van der Waals surface area contributed by atoms with Crippen molar-refractivity contribution in [1.29, 1.82) is 0 Å². The zero-order valence-corrected chi connectivity index (χ0v) is 14.1. The van der Waals surface area contributed by atoms with E-state index in [0.717, 1.165) is 18.4 Å². The van der Waals surface area contributed by atoms with Gasteiger partial charge in [-0.15, -0.1) is 0 Å². The van der Waals surface area contributed by atoms with Crippen LogP contribution in [-0.2, 0) is 16.1 Å². The Morgan fingerprint density at radius 3 is 2.87 bits per heavy atom. The summed E-state index contributed by atoms with van der Waals surface area (Å²) in [5.41, 5.74) is 0.821. The Balaban J connectivity index is 1.61. The molecular weight excluding hydrogens is 314 g/mol. The van der Waals surface area contributed by atoms with E-state index in [-0.39, 0.29) is 17.7 Å². The third-order valence-corrected chi connectivity index (χ3v) is 5.23. The number of aromatic nitrogens is 1. The van der Waals surface area contributed by atoms with Crippen LogP contribution in [0.2, 0.25) is 5.15 Å². The molecule has 2 aliphatic rings. The van der Waals surface area contributed by atoms with Crippen LogP contribution in [0.15, 0.2) is 18.3 Å². The van der Waals surface area contributed by atoms with Gasteiger partial charge in [-0.1, -0.05) is 30.5 Å². The maximum atomic E-state index is 12.7. The van der Waals surface area contributed by atoms with Crippen molar-refractivity contribution < 1.29 is 9.59 Å². The SMILES string of the molecule is CN(Cc1cccnc1Cl)C(=O)C1CC(=O)N(C2CCCC2)C1. The summed E-state index contributed by atoms with van der Waals surface area (Å²) < 4.78 is 0. The van der Waals surface area contributed by atoms with Crippen molar-refractivity contribution >= 4 is 23.4 Å². The zero-order chi connectivity index (χ0) is 16.4. The van der Waals surface area contributed by atoms with Gasteiger partial charge in [0.25, 0.3) is 0 Å². The van der Waals surface area contributed by atoms with Gasteiger partial charge in [0.15, 0.2) is 0 Å². The van der Waals surface area contributed by atoms with Gasteiger partial charge < -0.3 is 9.80 Å². The van der Waals surface area contributed by atoms with Crippen molar-refractivity contribution in [1.82, 2.24) is 14.8 Å². The van der Waals surface area contributed by atoms with Crippen LogP contribution in [0.4, 0.5) is 0 Å². The summed E-state index contributed by atoms with van der Waals surface area (Å²) >= 11 is 6.05. The van der Waals surface area contributed by atoms with Crippen LogP contribution < -0.4 is 0 Å². The molecule has 0 bridgehead atoms. The fourth-order valence-corrected chi connectivity index (χ4v) is 3.83. The first-order valence-electron chi connectivity index (χ1n) is 8.20. The Morgan fingerprint density at radius 2 is 2.17 bits per heavy atom. The maximum Gasteiger partial charge on any atom is 0.228 e. The summed E-state index contributed by atoms with van der Waals surface area (Å²) in [7, 11) is 1.76. The fraction of sp³-hybridized carbons (Fsp3) is 0.588. The van der Waals surface area contributed by atoms with Crippen molar-refractivity contribution in [2.24, 2.45) is 5.92 Å². The molecule has 2 fully saturated rings. The lowest BCUT2D eigenvalue weighted by Gasteiger charge is -2.25. The number of likely N-dealkylation sites (tertiary alicyclic amines) is 1. The highest BCUT2D eigenvalue weighted by molar-refractivity contribution is 6.30. The highest BCUT2D eigenvalue weighted by atomic mass is 35.5. The van der Waals surface area contributed by atoms with E-state index in [1.54, 1.807) is 24.2 Å². The largest absolute Gasteiger partial charge is 0.341 e. The first-order chi connectivity index (χ1) is 11.1. The summed E-state index contributed by atoms with van der Waals surface area (Å²) in [4.78, 5) is 32.5. The lowest BCUT2D eigenvalue weighted by atomic mass is 10.1. The zero-order valence-electron chi connectivity index (χ0n) is 13.4. The maximum absolute atomic E-state index is 12.7. The van der Waals surface area contributed by atoms with E-state index in [1.165, 1.54) is 12.8 Å². The van der Waals surface area contributed by atoms with Gasteiger partial charge in [-0.25, -0.2) is 4.98 Å². The summed E-state index contributed by atoms with van der Waals surface area (Å²) in [6, 6.07) is 4.02. The molecule has 2 heterocycles. The summed E-state index contributed by atoms with van der Waals surface area (Å²) in [5, 5.41) is 0.419. The van der Waals surface area contributed by atoms with E-state index in [2.05, 4.69) is 4.98 Å². The molecule has 1 aliphatic carbocycles. The number of pyridine rings is 1. The van der Waals surface area contributed by atoms with Crippen LogP contribution in [0, 0.1) is 5.92 Å². The molecule has 23 heavy (non-hydrogen) atoms. The van der Waals surface area contributed by atoms with Gasteiger partial charge >= 0.3 is 0 Å². The average Bonchev–Trinajstić information content (AvgIpc) is 3.18. The fourth-order valence-electron chi connectivity index (χ4n) is 3.65. The minimum atomic E-state index is -0.233. The molecule has 6 heteroatoms. The molecule has 5 nitrogen and oxygen atoms in total. The van der Waals surface area contributed by atoms with Gasteiger partial charge in [0, 0.05) is 44.4 Å². The standard InChI is InChI=1S/C17H22ClN3O2/c1-20(10-12-5-4-8-19-16(12)18)17(23)13-9-15(22)21(11-13)14-6-2-3-7-14/h4-5,8,13-14H,2-3,6-7,9-11H2,1H3. The van der Waals surface area contributed by atoms with Gasteiger partial charge in [0.05, 0.1) is 5.92 Å². The predicted octanol–water partition coefficient (Wildman–Crippen LogP) is 2.48. The van der Waals surface area contributed by atoms with Crippen LogP contribution >= 0.6 is 11.6 Å². The van der Waals surface area contributed by atoms with Crippen LogP contribution in [0.3, 0.4) is 0 Å². The van der Waals surface area contributed by atoms with E-state index in [4.69, 9.17) is 11.6 Å². The molecule has 1 aliphatic heterocycles. The van der Waals surface area contributed by atoms with Gasteiger partial charge in [0.1, 0.15) is 5.15 Å². The summed E-state index contributed by atoms with van der Waals surface area (Å²) in [6.07, 6.45) is 6.49. The molecule has 0 aromatic carbocycles. The predicted molar refractivity (Wildman–Crippen MR) is 87.8 cm³/mol. The quantitative estimate of drug-likeness (QED) is 0.794. The van der Waals surface area contributed by atoms with Crippen molar-refractivity contribution in [3.63, 3.8) is 0 Å². The molecule has 0 radical (unpaired) electrons. The molecule has 1 unspecified atom stereocenters. The minimum absolute atomic E-state index is 0.0127. The van der Waals surface area contributed by atoms with Crippen molar-refractivity contribution in [3.05, 3.63) is 29.0 Å². The first kappa shape index (κ1) is 16.2. The van der Waals surface area contributed by atoms with Gasteiger partial charge in [0.2, 0.25) is 11.8 Å². The molecule has 0 spiro atoms. The van der Waals surface area contributed by atoms with E-state index in [9.17, 15) is 9.59 Å². The summed E-state index contributed by atoms with van der Waals surface area (Å²) in [6.45, 7) is 0.979. The van der Waals surface area contributed by atoms with E-state index in [1.807, 2.05) is 11.0 Å². The molecule has 3 rings (SSSR count). The second-order valence-electron chi connectivity index (χ2n) is 6.53. The molecule has 1 atom stereocenters. The average molecular weight is 336 g/mol. The third-order valence-electron chi connectivity index (χ3n) is 4.89. The first-order valence-corrected chi connectivity index (χ1v) is 8.58. The third kappa shape index (κ3) is 3.50. The monoisotopic (exact) mass is 335 g/mol. The van der Waals surface area contributed by atoms with Crippen molar-refractivity contribution in [2.75, 3.05) is 13.6 Å². The van der Waals surface area contributed by atoms with Gasteiger partial charge in [-0.05, 0) is 18.9 Å². The van der Waals surface area contributed by atoms with E-state index < -0.39 is 0 Å².